The van der Waals surface area contributed by atoms with Crippen molar-refractivity contribution in [2.45, 2.75) is 31.6 Å². The smallest absolute Gasteiger partial charge is 0.331 e. The van der Waals surface area contributed by atoms with E-state index in [1.807, 2.05) is 49.4 Å². The van der Waals surface area contributed by atoms with Gasteiger partial charge in [0.1, 0.15) is 6.04 Å². The topological polar surface area (TPSA) is 45.2 Å². The number of urea groups is 1. The lowest BCUT2D eigenvalue weighted by molar-refractivity contribution is -0.137. The second-order valence-electron chi connectivity index (χ2n) is 7.60. The average Bonchev–Trinajstić information content (AvgIpc) is 2.78. The second kappa shape index (κ2) is 8.41. The molecule has 0 spiro atoms. The van der Waals surface area contributed by atoms with E-state index in [0.717, 1.165) is 23.3 Å². The number of alkyl halides is 3. The summed E-state index contributed by atoms with van der Waals surface area (Å²) in [4.78, 5) is 19.3. The van der Waals surface area contributed by atoms with E-state index in [2.05, 4.69) is 10.3 Å². The molecule has 0 radical (unpaired) electrons. The molecular formula is C24H22F3N3O. The van der Waals surface area contributed by atoms with Crippen LogP contribution in [-0.4, -0.2) is 22.5 Å². The molecule has 1 aromatic heterocycles. The number of rotatable bonds is 3. The van der Waals surface area contributed by atoms with Crippen LogP contribution >= 0.6 is 0 Å². The first-order chi connectivity index (χ1) is 14.8. The Balaban J connectivity index is 1.65. The molecule has 1 aliphatic heterocycles. The standard InChI is InChI=1S/C24H22F3N3O/c1-16(17-6-3-2-4-7-17)29-23(31)30-15-13-18-8-5-14-28-21(18)22(30)19-9-11-20(12-10-19)24(25,26)27/h2-12,14,16,22H,13,15H2,1H3,(H,29,31)/t16-,22?/m0/s1. The van der Waals surface area contributed by atoms with E-state index in [1.165, 1.54) is 12.1 Å². The third-order valence-corrected chi connectivity index (χ3v) is 5.57. The highest BCUT2D eigenvalue weighted by Gasteiger charge is 2.35. The third-order valence-electron chi connectivity index (χ3n) is 5.57. The van der Waals surface area contributed by atoms with Crippen molar-refractivity contribution >= 4 is 6.03 Å². The molecule has 1 aliphatic rings. The summed E-state index contributed by atoms with van der Waals surface area (Å²) < 4.78 is 39.1. The van der Waals surface area contributed by atoms with E-state index in [1.54, 1.807) is 11.1 Å². The van der Waals surface area contributed by atoms with Gasteiger partial charge in [-0.1, -0.05) is 48.5 Å². The van der Waals surface area contributed by atoms with Gasteiger partial charge in [-0.25, -0.2) is 4.79 Å². The highest BCUT2D eigenvalue weighted by molar-refractivity contribution is 5.76. The molecule has 2 aromatic carbocycles. The van der Waals surface area contributed by atoms with Crippen LogP contribution in [0.25, 0.3) is 0 Å². The summed E-state index contributed by atoms with van der Waals surface area (Å²) >= 11 is 0. The van der Waals surface area contributed by atoms with Crippen LogP contribution in [0.2, 0.25) is 0 Å². The van der Waals surface area contributed by atoms with Gasteiger partial charge in [0.25, 0.3) is 0 Å². The van der Waals surface area contributed by atoms with Crippen LogP contribution in [0, 0.1) is 0 Å². The van der Waals surface area contributed by atoms with Crippen LogP contribution in [-0.2, 0) is 12.6 Å². The van der Waals surface area contributed by atoms with Crippen molar-refractivity contribution in [3.8, 4) is 0 Å². The van der Waals surface area contributed by atoms with Crippen LogP contribution < -0.4 is 5.32 Å². The number of benzene rings is 2. The molecule has 1 N–H and O–H groups in total. The summed E-state index contributed by atoms with van der Waals surface area (Å²) in [7, 11) is 0. The molecule has 0 fully saturated rings. The Labute approximate surface area is 178 Å². The van der Waals surface area contributed by atoms with Gasteiger partial charge in [0.15, 0.2) is 0 Å². The van der Waals surface area contributed by atoms with Gasteiger partial charge in [-0.3, -0.25) is 4.98 Å². The Hall–Kier alpha value is -3.35. The number of carbonyl (C=O) groups excluding carboxylic acids is 1. The Bertz CT molecular complexity index is 1050. The van der Waals surface area contributed by atoms with Crippen molar-refractivity contribution in [1.82, 2.24) is 15.2 Å². The zero-order chi connectivity index (χ0) is 22.0. The van der Waals surface area contributed by atoms with Crippen molar-refractivity contribution in [2.24, 2.45) is 0 Å². The first kappa shape index (κ1) is 20.9. The number of hydrogen-bond donors (Lipinski definition) is 1. The number of nitrogens with zero attached hydrogens (tertiary/aromatic N) is 2. The van der Waals surface area contributed by atoms with Gasteiger partial charge in [-0.15, -0.1) is 0 Å². The molecular weight excluding hydrogens is 403 g/mol. The number of halogens is 3. The highest BCUT2D eigenvalue weighted by Crippen LogP contribution is 2.36. The summed E-state index contributed by atoms with van der Waals surface area (Å²) in [6.07, 6.45) is -2.14. The van der Waals surface area contributed by atoms with Crippen LogP contribution in [0.3, 0.4) is 0 Å². The van der Waals surface area contributed by atoms with Gasteiger partial charge in [0.05, 0.1) is 17.3 Å². The lowest BCUT2D eigenvalue weighted by Crippen LogP contribution is -2.47. The van der Waals surface area contributed by atoms with Gasteiger partial charge in [-0.2, -0.15) is 13.2 Å². The number of hydrogen-bond acceptors (Lipinski definition) is 2. The lowest BCUT2D eigenvalue weighted by Gasteiger charge is -2.37. The molecule has 2 atom stereocenters. The van der Waals surface area contributed by atoms with E-state index in [0.29, 0.717) is 24.2 Å². The summed E-state index contributed by atoms with van der Waals surface area (Å²) in [5, 5.41) is 3.01. The maximum absolute atomic E-state index is 13.2. The minimum absolute atomic E-state index is 0.216. The van der Waals surface area contributed by atoms with E-state index < -0.39 is 17.8 Å². The molecule has 0 aliphatic carbocycles. The van der Waals surface area contributed by atoms with Crippen LogP contribution in [0.15, 0.2) is 72.9 Å². The van der Waals surface area contributed by atoms with Crippen molar-refractivity contribution in [1.29, 1.82) is 0 Å². The zero-order valence-corrected chi connectivity index (χ0v) is 16.9. The fourth-order valence-electron chi connectivity index (χ4n) is 3.93. The van der Waals surface area contributed by atoms with Crippen LogP contribution in [0.1, 0.15) is 47.0 Å². The Morgan fingerprint density at radius 1 is 1.06 bits per heavy atom. The summed E-state index contributed by atoms with van der Waals surface area (Å²) in [6.45, 7) is 2.34. The Kier molecular flexibility index (Phi) is 5.67. The molecule has 0 saturated carbocycles. The van der Waals surface area contributed by atoms with Crippen LogP contribution in [0.5, 0.6) is 0 Å². The quantitative estimate of drug-likeness (QED) is 0.601. The third kappa shape index (κ3) is 4.40. The predicted octanol–water partition coefficient (Wildman–Crippen LogP) is 5.52. The lowest BCUT2D eigenvalue weighted by atomic mass is 9.92. The van der Waals surface area contributed by atoms with Crippen LogP contribution in [0.4, 0.5) is 18.0 Å². The average molecular weight is 425 g/mol. The van der Waals surface area contributed by atoms with Crippen molar-refractivity contribution in [2.75, 3.05) is 6.54 Å². The fraction of sp³-hybridized carbons (Fsp3) is 0.250. The number of fused-ring (bicyclic) bond motifs is 1. The molecule has 2 heterocycles. The first-order valence-corrected chi connectivity index (χ1v) is 10.1. The summed E-state index contributed by atoms with van der Waals surface area (Å²) in [5.41, 5.74) is 2.53. The summed E-state index contributed by atoms with van der Waals surface area (Å²) in [6, 6.07) is 17.3. The second-order valence-corrected chi connectivity index (χ2v) is 7.60. The SMILES string of the molecule is C[C@H](NC(=O)N1CCc2cccnc2C1c1ccc(C(F)(F)F)cc1)c1ccccc1. The van der Waals surface area contributed by atoms with Gasteiger partial charge in [-0.05, 0) is 48.2 Å². The maximum Gasteiger partial charge on any atom is 0.416 e. The first-order valence-electron chi connectivity index (χ1n) is 10.1. The van der Waals surface area contributed by atoms with E-state index >= 15 is 0 Å². The van der Waals surface area contributed by atoms with Crippen molar-refractivity contribution < 1.29 is 18.0 Å². The molecule has 2 amide bonds. The van der Waals surface area contributed by atoms with Gasteiger partial charge in [0, 0.05) is 12.7 Å². The highest BCUT2D eigenvalue weighted by atomic mass is 19.4. The largest absolute Gasteiger partial charge is 0.416 e. The minimum atomic E-state index is -4.41. The predicted molar refractivity (Wildman–Crippen MR) is 111 cm³/mol. The fourth-order valence-corrected chi connectivity index (χ4v) is 3.93. The van der Waals surface area contributed by atoms with E-state index in [-0.39, 0.29) is 12.1 Å². The molecule has 0 bridgehead atoms. The number of pyridine rings is 1. The summed E-state index contributed by atoms with van der Waals surface area (Å²) in [5.74, 6) is 0. The molecule has 160 valence electrons. The molecule has 1 unspecified atom stereocenters. The van der Waals surface area contributed by atoms with Gasteiger partial charge >= 0.3 is 12.2 Å². The van der Waals surface area contributed by atoms with Gasteiger partial charge < -0.3 is 10.2 Å². The van der Waals surface area contributed by atoms with Crippen molar-refractivity contribution in [3.63, 3.8) is 0 Å². The number of aromatic nitrogens is 1. The number of amides is 2. The maximum atomic E-state index is 13.2. The number of carbonyl (C=O) groups is 1. The minimum Gasteiger partial charge on any atom is -0.331 e. The molecule has 4 nitrogen and oxygen atoms in total. The van der Waals surface area contributed by atoms with Crippen molar-refractivity contribution in [3.05, 3.63) is 101 Å². The monoisotopic (exact) mass is 425 g/mol. The number of nitrogens with one attached hydrogen (secondary N) is 1. The molecule has 4 rings (SSSR count). The Morgan fingerprint density at radius 2 is 1.77 bits per heavy atom. The Morgan fingerprint density at radius 3 is 2.45 bits per heavy atom. The molecule has 7 heteroatoms. The van der Waals surface area contributed by atoms with E-state index in [4.69, 9.17) is 0 Å². The van der Waals surface area contributed by atoms with E-state index in [9.17, 15) is 18.0 Å². The van der Waals surface area contributed by atoms with Gasteiger partial charge in [0.2, 0.25) is 0 Å². The zero-order valence-electron chi connectivity index (χ0n) is 16.9. The molecule has 31 heavy (non-hydrogen) atoms. The molecule has 0 saturated heterocycles. The molecule has 3 aromatic rings. The normalized spacial score (nSPS) is 17.0.